The second kappa shape index (κ2) is 7.54. The Bertz CT molecular complexity index is 715. The van der Waals surface area contributed by atoms with E-state index in [9.17, 15) is 5.11 Å². The second-order valence-corrected chi connectivity index (χ2v) is 11.8. The van der Waals surface area contributed by atoms with Crippen molar-refractivity contribution in [1.29, 1.82) is 0 Å². The first kappa shape index (κ1) is 18.1. The van der Waals surface area contributed by atoms with Gasteiger partial charge in [-0.1, -0.05) is 86.2 Å². The standard InChI is InChI=1S/C22H24OSi/c1-5-21(23)22(17-12-18-24(2,3)4,19-13-8-6-9-14-19)20-15-10-7-11-16-20/h1,6-11,13-16,21,23H,17H2,2-4H3. The van der Waals surface area contributed by atoms with Crippen molar-refractivity contribution in [3.05, 3.63) is 71.8 Å². The number of terminal acetylenes is 1. The highest BCUT2D eigenvalue weighted by Gasteiger charge is 2.40. The number of hydrogen-bond donors (Lipinski definition) is 1. The van der Waals surface area contributed by atoms with Gasteiger partial charge < -0.3 is 5.11 Å². The first-order valence-corrected chi connectivity index (χ1v) is 11.7. The van der Waals surface area contributed by atoms with Crippen LogP contribution in [0.4, 0.5) is 0 Å². The predicted molar refractivity (Wildman–Crippen MR) is 104 cm³/mol. The van der Waals surface area contributed by atoms with Crippen molar-refractivity contribution in [2.24, 2.45) is 0 Å². The molecule has 1 atom stereocenters. The predicted octanol–water partition coefficient (Wildman–Crippen LogP) is 4.24. The molecular weight excluding hydrogens is 308 g/mol. The fourth-order valence-corrected chi connectivity index (χ4v) is 3.46. The van der Waals surface area contributed by atoms with Gasteiger partial charge in [-0.15, -0.1) is 17.9 Å². The van der Waals surface area contributed by atoms with Gasteiger partial charge in [-0.05, 0) is 11.1 Å². The molecule has 2 rings (SSSR count). The molecule has 2 heteroatoms. The van der Waals surface area contributed by atoms with Crippen molar-refractivity contribution in [3.63, 3.8) is 0 Å². The molecule has 0 radical (unpaired) electrons. The molecule has 2 aromatic carbocycles. The highest BCUT2D eigenvalue weighted by Crippen LogP contribution is 2.38. The molecule has 2 aromatic rings. The van der Waals surface area contributed by atoms with E-state index in [-0.39, 0.29) is 0 Å². The molecule has 0 heterocycles. The van der Waals surface area contributed by atoms with Crippen molar-refractivity contribution >= 4 is 8.07 Å². The third-order valence-corrected chi connectivity index (χ3v) is 4.96. The Morgan fingerprint density at radius 1 is 0.958 bits per heavy atom. The van der Waals surface area contributed by atoms with Crippen LogP contribution in [0.15, 0.2) is 60.7 Å². The molecule has 1 N–H and O–H groups in total. The molecule has 122 valence electrons. The van der Waals surface area contributed by atoms with Gasteiger partial charge in [-0.3, -0.25) is 0 Å². The minimum absolute atomic E-state index is 0.497. The quantitative estimate of drug-likeness (QED) is 0.656. The summed E-state index contributed by atoms with van der Waals surface area (Å²) < 4.78 is 0. The maximum Gasteiger partial charge on any atom is 0.129 e. The summed E-state index contributed by atoms with van der Waals surface area (Å²) in [6, 6.07) is 19.9. The fourth-order valence-electron chi connectivity index (χ4n) is 2.85. The SMILES string of the molecule is C#CC(O)C(CC#C[Si](C)(C)C)(c1ccccc1)c1ccccc1. The zero-order valence-electron chi connectivity index (χ0n) is 14.6. The van der Waals surface area contributed by atoms with Crippen LogP contribution in [0.1, 0.15) is 17.5 Å². The first-order valence-electron chi connectivity index (χ1n) is 8.15. The van der Waals surface area contributed by atoms with Gasteiger partial charge in [-0.25, -0.2) is 0 Å². The van der Waals surface area contributed by atoms with Crippen molar-refractivity contribution in [1.82, 2.24) is 0 Å². The van der Waals surface area contributed by atoms with Crippen LogP contribution in [0, 0.1) is 23.8 Å². The summed E-state index contributed by atoms with van der Waals surface area (Å²) in [6.45, 7) is 6.64. The average Bonchev–Trinajstić information content (AvgIpc) is 2.59. The summed E-state index contributed by atoms with van der Waals surface area (Å²) in [6.07, 6.45) is 5.20. The lowest BCUT2D eigenvalue weighted by Gasteiger charge is -2.35. The van der Waals surface area contributed by atoms with E-state index in [1.165, 1.54) is 0 Å². The van der Waals surface area contributed by atoms with Crippen molar-refractivity contribution < 1.29 is 5.11 Å². The van der Waals surface area contributed by atoms with E-state index < -0.39 is 19.6 Å². The smallest absolute Gasteiger partial charge is 0.129 e. The molecule has 0 aliphatic carbocycles. The molecule has 0 spiro atoms. The van der Waals surface area contributed by atoms with Crippen LogP contribution in [0.5, 0.6) is 0 Å². The van der Waals surface area contributed by atoms with Crippen molar-refractivity contribution in [2.45, 2.75) is 37.6 Å². The lowest BCUT2D eigenvalue weighted by Crippen LogP contribution is -2.40. The Kier molecular flexibility index (Phi) is 5.68. The largest absolute Gasteiger partial charge is 0.379 e. The summed E-state index contributed by atoms with van der Waals surface area (Å²) >= 11 is 0. The van der Waals surface area contributed by atoms with E-state index in [1.807, 2.05) is 60.7 Å². The Balaban J connectivity index is 2.65. The lowest BCUT2D eigenvalue weighted by molar-refractivity contribution is 0.157. The lowest BCUT2D eigenvalue weighted by atomic mass is 9.68. The Morgan fingerprint density at radius 3 is 1.79 bits per heavy atom. The van der Waals surface area contributed by atoms with Crippen LogP contribution in [-0.4, -0.2) is 19.3 Å². The van der Waals surface area contributed by atoms with Crippen LogP contribution in [0.3, 0.4) is 0 Å². The Labute approximate surface area is 146 Å². The molecule has 0 aliphatic heterocycles. The highest BCUT2D eigenvalue weighted by molar-refractivity contribution is 6.83. The molecule has 0 bridgehead atoms. The monoisotopic (exact) mass is 332 g/mol. The zero-order chi connectivity index (χ0) is 17.6. The zero-order valence-corrected chi connectivity index (χ0v) is 15.6. The van der Waals surface area contributed by atoms with Crippen molar-refractivity contribution in [2.75, 3.05) is 0 Å². The molecule has 1 unspecified atom stereocenters. The van der Waals surface area contributed by atoms with Crippen LogP contribution in [-0.2, 0) is 5.41 Å². The van der Waals surface area contributed by atoms with Crippen molar-refractivity contribution in [3.8, 4) is 23.8 Å². The maximum atomic E-state index is 10.8. The minimum Gasteiger partial charge on any atom is -0.379 e. The molecule has 24 heavy (non-hydrogen) atoms. The molecule has 0 fully saturated rings. The number of aliphatic hydroxyl groups is 1. The van der Waals surface area contributed by atoms with Crippen LogP contribution >= 0.6 is 0 Å². The van der Waals surface area contributed by atoms with Gasteiger partial charge in [0.1, 0.15) is 14.2 Å². The second-order valence-electron chi connectivity index (χ2n) is 7.00. The van der Waals surface area contributed by atoms with Crippen LogP contribution in [0.2, 0.25) is 19.6 Å². The molecule has 0 aromatic heterocycles. The summed E-state index contributed by atoms with van der Waals surface area (Å²) in [4.78, 5) is 0. The van der Waals surface area contributed by atoms with Gasteiger partial charge in [-0.2, -0.15) is 0 Å². The molecule has 0 saturated heterocycles. The molecule has 0 aliphatic rings. The van der Waals surface area contributed by atoms with Gasteiger partial charge in [0.2, 0.25) is 0 Å². The highest BCUT2D eigenvalue weighted by atomic mass is 28.3. The Morgan fingerprint density at radius 2 is 1.42 bits per heavy atom. The number of aliphatic hydroxyl groups excluding tert-OH is 1. The number of benzene rings is 2. The number of hydrogen-bond acceptors (Lipinski definition) is 1. The summed E-state index contributed by atoms with van der Waals surface area (Å²) in [7, 11) is -1.50. The Hall–Kier alpha value is -2.26. The van der Waals surface area contributed by atoms with Crippen LogP contribution < -0.4 is 0 Å². The van der Waals surface area contributed by atoms with Gasteiger partial charge in [0.15, 0.2) is 0 Å². The first-order chi connectivity index (χ1) is 11.4. The van der Waals surface area contributed by atoms with Crippen LogP contribution in [0.25, 0.3) is 0 Å². The van der Waals surface area contributed by atoms with E-state index >= 15 is 0 Å². The number of rotatable bonds is 4. The summed E-state index contributed by atoms with van der Waals surface area (Å²) in [5, 5.41) is 10.8. The van der Waals surface area contributed by atoms with E-state index in [2.05, 4.69) is 37.0 Å². The van der Waals surface area contributed by atoms with E-state index in [0.29, 0.717) is 6.42 Å². The van der Waals surface area contributed by atoms with Gasteiger partial charge in [0.25, 0.3) is 0 Å². The van der Waals surface area contributed by atoms with E-state index in [4.69, 9.17) is 6.42 Å². The normalized spacial score (nSPS) is 12.6. The molecular formula is C22H24OSi. The minimum atomic E-state index is -1.50. The topological polar surface area (TPSA) is 20.2 Å². The molecule has 0 saturated carbocycles. The van der Waals surface area contributed by atoms with Gasteiger partial charge >= 0.3 is 0 Å². The van der Waals surface area contributed by atoms with Gasteiger partial charge in [0.05, 0.1) is 5.41 Å². The fraction of sp³-hybridized carbons (Fsp3) is 0.273. The van der Waals surface area contributed by atoms with E-state index in [1.54, 1.807) is 0 Å². The average molecular weight is 333 g/mol. The maximum absolute atomic E-state index is 10.8. The summed E-state index contributed by atoms with van der Waals surface area (Å²) in [5.41, 5.74) is 4.67. The van der Waals surface area contributed by atoms with E-state index in [0.717, 1.165) is 11.1 Å². The third-order valence-electron chi connectivity index (χ3n) is 4.03. The summed E-state index contributed by atoms with van der Waals surface area (Å²) in [5.74, 6) is 5.88. The van der Waals surface area contributed by atoms with Gasteiger partial charge in [0, 0.05) is 6.42 Å². The molecule has 0 amide bonds. The molecule has 1 nitrogen and oxygen atoms in total. The third kappa shape index (κ3) is 3.98.